The van der Waals surface area contributed by atoms with Crippen molar-refractivity contribution in [3.8, 4) is 0 Å². The van der Waals surface area contributed by atoms with Crippen LogP contribution in [0.4, 0.5) is 0 Å². The third-order valence-corrected chi connectivity index (χ3v) is 8.05. The number of nitrogens with one attached hydrogen (secondary N) is 1. The lowest BCUT2D eigenvalue weighted by molar-refractivity contribution is -0.123. The Hall–Kier alpha value is -1.43. The Morgan fingerprint density at radius 2 is 2.00 bits per heavy atom. The molecule has 1 N–H and O–H groups in total. The number of nitrogens with zero attached hydrogens (tertiary/aromatic N) is 1. The number of benzene rings is 1. The van der Waals surface area contributed by atoms with Crippen LogP contribution in [0.1, 0.15) is 55.2 Å². The van der Waals surface area contributed by atoms with Gasteiger partial charge >= 0.3 is 0 Å². The van der Waals surface area contributed by atoms with E-state index < -0.39 is 0 Å². The molecule has 3 saturated heterocycles. The molecule has 0 spiro atoms. The van der Waals surface area contributed by atoms with Crippen molar-refractivity contribution >= 4 is 5.91 Å². The minimum Gasteiger partial charge on any atom is -0.381 e. The molecule has 1 aromatic rings. The molecule has 5 heteroatoms. The first-order valence-corrected chi connectivity index (χ1v) is 12.5. The Kier molecular flexibility index (Phi) is 6.92. The molecule has 0 radical (unpaired) electrons. The summed E-state index contributed by atoms with van der Waals surface area (Å²) in [5.41, 5.74) is 4.58. The summed E-state index contributed by atoms with van der Waals surface area (Å²) in [5.74, 6) is 1.98. The highest BCUT2D eigenvalue weighted by Gasteiger charge is 2.41. The second kappa shape index (κ2) is 10.0. The molecule has 1 aromatic carbocycles. The maximum atomic E-state index is 12.5. The molecule has 0 aromatic heterocycles. The van der Waals surface area contributed by atoms with Crippen molar-refractivity contribution in [3.63, 3.8) is 0 Å². The van der Waals surface area contributed by atoms with E-state index in [1.807, 2.05) is 0 Å². The van der Waals surface area contributed by atoms with E-state index in [0.717, 1.165) is 71.7 Å². The van der Waals surface area contributed by atoms with E-state index in [4.69, 9.17) is 9.47 Å². The van der Waals surface area contributed by atoms with Crippen LogP contribution in [0.25, 0.3) is 0 Å². The fraction of sp³-hybridized carbons (Fsp3) is 0.731. The highest BCUT2D eigenvalue weighted by molar-refractivity contribution is 5.76. The van der Waals surface area contributed by atoms with Gasteiger partial charge in [0.1, 0.15) is 0 Å². The molecule has 5 nitrogen and oxygen atoms in total. The second-order valence-electron chi connectivity index (χ2n) is 10.2. The molecule has 3 aliphatic heterocycles. The minimum atomic E-state index is 0.107. The average Bonchev–Trinajstić information content (AvgIpc) is 3.41. The highest BCUT2D eigenvalue weighted by Crippen LogP contribution is 2.36. The topological polar surface area (TPSA) is 50.8 Å². The SMILES string of the molecule is O=C(C[C@@H]1OC[C@H]2CN(Cc3ccc4c(c3)CCC4)CC[C@H]21)NCCC1CCOCC1. The van der Waals surface area contributed by atoms with Gasteiger partial charge in [-0.3, -0.25) is 9.69 Å². The first-order valence-electron chi connectivity index (χ1n) is 12.5. The predicted octanol–water partition coefficient (Wildman–Crippen LogP) is 3.34. The van der Waals surface area contributed by atoms with E-state index in [1.165, 1.54) is 24.8 Å². The first kappa shape index (κ1) is 21.4. The van der Waals surface area contributed by atoms with Gasteiger partial charge in [0, 0.05) is 38.8 Å². The molecule has 31 heavy (non-hydrogen) atoms. The standard InChI is InChI=1S/C26H38N2O3/c29-26(27-10-6-19-8-12-30-13-9-19)15-25-24-7-11-28(17-23(24)18-31-25)16-20-4-5-21-2-1-3-22(21)14-20/h4-5,14,19,23-25H,1-3,6-13,15-18H2,(H,27,29)/t23-,24-,25+/m1/s1. The molecule has 5 rings (SSSR count). The minimum absolute atomic E-state index is 0.107. The Morgan fingerprint density at radius 1 is 1.13 bits per heavy atom. The van der Waals surface area contributed by atoms with Gasteiger partial charge in [0.2, 0.25) is 5.91 Å². The lowest BCUT2D eigenvalue weighted by Crippen LogP contribution is -2.42. The Bertz CT molecular complexity index is 761. The Morgan fingerprint density at radius 3 is 2.90 bits per heavy atom. The van der Waals surface area contributed by atoms with Crippen molar-refractivity contribution in [1.82, 2.24) is 10.2 Å². The molecule has 3 atom stereocenters. The number of rotatable bonds is 7. The van der Waals surface area contributed by atoms with E-state index in [9.17, 15) is 4.79 Å². The van der Waals surface area contributed by atoms with Gasteiger partial charge in [-0.25, -0.2) is 0 Å². The Balaban J connectivity index is 1.05. The van der Waals surface area contributed by atoms with Gasteiger partial charge in [0.25, 0.3) is 0 Å². The van der Waals surface area contributed by atoms with E-state index in [1.54, 1.807) is 11.1 Å². The zero-order valence-electron chi connectivity index (χ0n) is 18.8. The van der Waals surface area contributed by atoms with Crippen LogP contribution >= 0.6 is 0 Å². The smallest absolute Gasteiger partial charge is 0.222 e. The van der Waals surface area contributed by atoms with Crippen molar-refractivity contribution in [2.75, 3.05) is 39.5 Å². The van der Waals surface area contributed by atoms with E-state index in [0.29, 0.717) is 24.2 Å². The third-order valence-electron chi connectivity index (χ3n) is 8.05. The fourth-order valence-corrected chi connectivity index (χ4v) is 6.20. The zero-order valence-corrected chi connectivity index (χ0v) is 18.8. The van der Waals surface area contributed by atoms with Gasteiger partial charge in [0.15, 0.2) is 0 Å². The normalized spacial score (nSPS) is 29.0. The lowest BCUT2D eigenvalue weighted by Gasteiger charge is -2.35. The van der Waals surface area contributed by atoms with Crippen molar-refractivity contribution in [2.24, 2.45) is 17.8 Å². The number of hydrogen-bond acceptors (Lipinski definition) is 4. The first-order chi connectivity index (χ1) is 15.2. The number of aryl methyl sites for hydroxylation is 2. The number of amides is 1. The molecule has 0 bridgehead atoms. The zero-order chi connectivity index (χ0) is 21.0. The summed E-state index contributed by atoms with van der Waals surface area (Å²) < 4.78 is 11.5. The maximum absolute atomic E-state index is 12.5. The van der Waals surface area contributed by atoms with Gasteiger partial charge in [-0.1, -0.05) is 18.2 Å². The molecular formula is C26H38N2O3. The number of ether oxygens (including phenoxy) is 2. The van der Waals surface area contributed by atoms with Gasteiger partial charge in [-0.05, 0) is 80.0 Å². The summed E-state index contributed by atoms with van der Waals surface area (Å²) in [6, 6.07) is 7.11. The van der Waals surface area contributed by atoms with Crippen LogP contribution in [-0.4, -0.2) is 56.4 Å². The van der Waals surface area contributed by atoms with Crippen LogP contribution in [-0.2, 0) is 33.7 Å². The monoisotopic (exact) mass is 426 g/mol. The van der Waals surface area contributed by atoms with Crippen LogP contribution in [0.15, 0.2) is 18.2 Å². The van der Waals surface area contributed by atoms with E-state index in [-0.39, 0.29) is 12.0 Å². The number of likely N-dealkylation sites (tertiary alicyclic amines) is 1. The molecule has 4 aliphatic rings. The van der Waals surface area contributed by atoms with Crippen LogP contribution in [0.3, 0.4) is 0 Å². The summed E-state index contributed by atoms with van der Waals surface area (Å²) in [5, 5.41) is 3.14. The predicted molar refractivity (Wildman–Crippen MR) is 121 cm³/mol. The highest BCUT2D eigenvalue weighted by atomic mass is 16.5. The fourth-order valence-electron chi connectivity index (χ4n) is 6.20. The Labute approximate surface area is 186 Å². The van der Waals surface area contributed by atoms with Crippen LogP contribution in [0.2, 0.25) is 0 Å². The van der Waals surface area contributed by atoms with E-state index in [2.05, 4.69) is 28.4 Å². The molecule has 3 heterocycles. The number of hydrogen-bond donors (Lipinski definition) is 1. The summed E-state index contributed by atoms with van der Waals surface area (Å²) in [6.45, 7) is 6.62. The summed E-state index contributed by atoms with van der Waals surface area (Å²) in [6.07, 6.45) is 8.94. The molecule has 0 unspecified atom stereocenters. The largest absolute Gasteiger partial charge is 0.381 e. The number of carbonyl (C=O) groups excluding carboxylic acids is 1. The summed E-state index contributed by atoms with van der Waals surface area (Å²) in [4.78, 5) is 15.1. The van der Waals surface area contributed by atoms with E-state index >= 15 is 0 Å². The van der Waals surface area contributed by atoms with Gasteiger partial charge in [0.05, 0.1) is 19.1 Å². The lowest BCUT2D eigenvalue weighted by atomic mass is 9.83. The maximum Gasteiger partial charge on any atom is 0.222 e. The number of piperidine rings is 1. The molecule has 1 aliphatic carbocycles. The van der Waals surface area contributed by atoms with Crippen molar-refractivity contribution < 1.29 is 14.3 Å². The molecular weight excluding hydrogens is 388 g/mol. The van der Waals surface area contributed by atoms with Gasteiger partial charge < -0.3 is 14.8 Å². The van der Waals surface area contributed by atoms with Crippen molar-refractivity contribution in [2.45, 2.75) is 64.0 Å². The van der Waals surface area contributed by atoms with Crippen molar-refractivity contribution in [1.29, 1.82) is 0 Å². The molecule has 1 amide bonds. The van der Waals surface area contributed by atoms with Gasteiger partial charge in [-0.15, -0.1) is 0 Å². The second-order valence-corrected chi connectivity index (χ2v) is 10.2. The summed E-state index contributed by atoms with van der Waals surface area (Å²) >= 11 is 0. The third kappa shape index (κ3) is 5.32. The van der Waals surface area contributed by atoms with Crippen LogP contribution < -0.4 is 5.32 Å². The van der Waals surface area contributed by atoms with Gasteiger partial charge in [-0.2, -0.15) is 0 Å². The molecule has 3 fully saturated rings. The number of fused-ring (bicyclic) bond motifs is 2. The molecule has 170 valence electrons. The number of carbonyl (C=O) groups is 1. The average molecular weight is 427 g/mol. The van der Waals surface area contributed by atoms with Crippen LogP contribution in [0, 0.1) is 17.8 Å². The quantitative estimate of drug-likeness (QED) is 0.727. The van der Waals surface area contributed by atoms with Crippen LogP contribution in [0.5, 0.6) is 0 Å². The summed E-state index contributed by atoms with van der Waals surface area (Å²) in [7, 11) is 0. The van der Waals surface area contributed by atoms with Crippen molar-refractivity contribution in [3.05, 3.63) is 34.9 Å². The molecule has 0 saturated carbocycles.